The van der Waals surface area contributed by atoms with Crippen LogP contribution in [0.25, 0.3) is 10.8 Å². The van der Waals surface area contributed by atoms with Crippen LogP contribution < -0.4 is 15.1 Å². The van der Waals surface area contributed by atoms with Gasteiger partial charge in [0.25, 0.3) is 0 Å². The minimum atomic E-state index is -0.443. The Balaban J connectivity index is 2.53. The SMILES string of the molecule is COc1cc2cc(CCC(C)=O)oc(=O)c2cc1OC. The minimum Gasteiger partial charge on any atom is -0.493 e. The van der Waals surface area contributed by atoms with Crippen molar-refractivity contribution in [2.45, 2.75) is 19.8 Å². The average molecular weight is 276 g/mol. The highest BCUT2D eigenvalue weighted by Gasteiger charge is 2.11. The second kappa shape index (κ2) is 5.77. The first kappa shape index (κ1) is 14.1. The maximum absolute atomic E-state index is 12.0. The Morgan fingerprint density at radius 2 is 1.80 bits per heavy atom. The normalized spacial score (nSPS) is 10.6. The lowest BCUT2D eigenvalue weighted by molar-refractivity contribution is -0.117. The summed E-state index contributed by atoms with van der Waals surface area (Å²) in [5, 5.41) is 1.13. The van der Waals surface area contributed by atoms with E-state index in [2.05, 4.69) is 0 Å². The summed E-state index contributed by atoms with van der Waals surface area (Å²) in [5.74, 6) is 1.57. The number of fused-ring (bicyclic) bond motifs is 1. The van der Waals surface area contributed by atoms with Gasteiger partial charge in [-0.2, -0.15) is 0 Å². The molecule has 0 aliphatic rings. The van der Waals surface area contributed by atoms with Crippen LogP contribution in [0.3, 0.4) is 0 Å². The summed E-state index contributed by atoms with van der Waals surface area (Å²) in [7, 11) is 3.04. The molecule has 2 rings (SSSR count). The third-order valence-corrected chi connectivity index (χ3v) is 3.04. The lowest BCUT2D eigenvalue weighted by atomic mass is 10.1. The largest absolute Gasteiger partial charge is 0.493 e. The molecule has 0 spiro atoms. The zero-order chi connectivity index (χ0) is 14.7. The van der Waals surface area contributed by atoms with Crippen molar-refractivity contribution < 1.29 is 18.7 Å². The fraction of sp³-hybridized carbons (Fsp3) is 0.333. The maximum Gasteiger partial charge on any atom is 0.343 e. The molecule has 1 aromatic heterocycles. The quantitative estimate of drug-likeness (QED) is 0.838. The lowest BCUT2D eigenvalue weighted by Gasteiger charge is -2.09. The molecule has 0 fully saturated rings. The molecule has 0 N–H and O–H groups in total. The molecule has 106 valence electrons. The molecule has 20 heavy (non-hydrogen) atoms. The van der Waals surface area contributed by atoms with Gasteiger partial charge in [-0.05, 0) is 30.5 Å². The van der Waals surface area contributed by atoms with E-state index < -0.39 is 5.63 Å². The van der Waals surface area contributed by atoms with Gasteiger partial charge in [0.2, 0.25) is 0 Å². The Labute approximate surface area is 116 Å². The molecule has 0 saturated carbocycles. The van der Waals surface area contributed by atoms with Gasteiger partial charge >= 0.3 is 5.63 Å². The Bertz CT molecular complexity index is 699. The summed E-state index contributed by atoms with van der Waals surface area (Å²) < 4.78 is 15.6. The second-order valence-electron chi connectivity index (χ2n) is 4.50. The third kappa shape index (κ3) is 2.82. The van der Waals surface area contributed by atoms with E-state index in [1.54, 1.807) is 18.2 Å². The number of methoxy groups -OCH3 is 2. The predicted molar refractivity (Wildman–Crippen MR) is 74.6 cm³/mol. The molecule has 0 amide bonds. The number of carbonyl (C=O) groups excluding carboxylic acids is 1. The smallest absolute Gasteiger partial charge is 0.343 e. The number of carbonyl (C=O) groups is 1. The molecule has 0 aliphatic heterocycles. The van der Waals surface area contributed by atoms with E-state index in [9.17, 15) is 9.59 Å². The summed E-state index contributed by atoms with van der Waals surface area (Å²) in [6.07, 6.45) is 0.761. The van der Waals surface area contributed by atoms with Crippen LogP contribution in [0, 0.1) is 0 Å². The van der Waals surface area contributed by atoms with Gasteiger partial charge in [0.05, 0.1) is 19.6 Å². The molecule has 2 aromatic rings. The van der Waals surface area contributed by atoms with E-state index >= 15 is 0 Å². The van der Waals surface area contributed by atoms with Crippen LogP contribution >= 0.6 is 0 Å². The van der Waals surface area contributed by atoms with Crippen molar-refractivity contribution in [3.05, 3.63) is 34.4 Å². The Kier molecular flexibility index (Phi) is 4.08. The predicted octanol–water partition coefficient (Wildman–Crippen LogP) is 2.33. The minimum absolute atomic E-state index is 0.0556. The number of ether oxygens (including phenoxy) is 2. The van der Waals surface area contributed by atoms with Crippen LogP contribution in [0.5, 0.6) is 11.5 Å². The summed E-state index contributed by atoms with van der Waals surface area (Å²) in [6.45, 7) is 1.51. The van der Waals surface area contributed by atoms with Crippen molar-refractivity contribution in [2.24, 2.45) is 0 Å². The molecule has 1 aromatic carbocycles. The van der Waals surface area contributed by atoms with Gasteiger partial charge in [-0.1, -0.05) is 0 Å². The number of benzene rings is 1. The number of Topliss-reactive ketones (excluding diaryl/α,β-unsaturated/α-hetero) is 1. The Hall–Kier alpha value is -2.30. The highest BCUT2D eigenvalue weighted by Crippen LogP contribution is 2.31. The second-order valence-corrected chi connectivity index (χ2v) is 4.50. The van der Waals surface area contributed by atoms with E-state index in [1.807, 2.05) is 0 Å². The number of ketones is 1. The number of hydrogen-bond acceptors (Lipinski definition) is 5. The van der Waals surface area contributed by atoms with Crippen LogP contribution in [-0.2, 0) is 11.2 Å². The maximum atomic E-state index is 12.0. The first-order valence-corrected chi connectivity index (χ1v) is 6.23. The first-order valence-electron chi connectivity index (χ1n) is 6.23. The average Bonchev–Trinajstić information content (AvgIpc) is 2.43. The van der Waals surface area contributed by atoms with Crippen LogP contribution in [0.1, 0.15) is 19.1 Å². The molecule has 1 heterocycles. The molecule has 0 bridgehead atoms. The molecule has 0 radical (unpaired) electrons. The first-order chi connectivity index (χ1) is 9.55. The van der Waals surface area contributed by atoms with Crippen LogP contribution in [0.2, 0.25) is 0 Å². The molecular formula is C15H16O5. The fourth-order valence-electron chi connectivity index (χ4n) is 1.99. The molecule has 0 unspecified atom stereocenters. The van der Waals surface area contributed by atoms with Gasteiger partial charge in [-0.25, -0.2) is 4.79 Å². The van der Waals surface area contributed by atoms with Crippen molar-refractivity contribution >= 4 is 16.6 Å². The van der Waals surface area contributed by atoms with Gasteiger partial charge in [0, 0.05) is 12.8 Å². The summed E-state index contributed by atoms with van der Waals surface area (Å²) in [5.41, 5.74) is -0.443. The van der Waals surface area contributed by atoms with Crippen molar-refractivity contribution in [3.63, 3.8) is 0 Å². The lowest BCUT2D eigenvalue weighted by Crippen LogP contribution is -2.04. The van der Waals surface area contributed by atoms with Crippen LogP contribution in [0.15, 0.2) is 27.4 Å². The highest BCUT2D eigenvalue weighted by atomic mass is 16.5. The van der Waals surface area contributed by atoms with E-state index in [-0.39, 0.29) is 5.78 Å². The Morgan fingerprint density at radius 3 is 2.40 bits per heavy atom. The topological polar surface area (TPSA) is 65.7 Å². The zero-order valence-electron chi connectivity index (χ0n) is 11.7. The van der Waals surface area contributed by atoms with Gasteiger partial charge in [-0.15, -0.1) is 0 Å². The number of hydrogen-bond donors (Lipinski definition) is 0. The molecular weight excluding hydrogens is 260 g/mol. The van der Waals surface area contributed by atoms with E-state index in [0.29, 0.717) is 40.9 Å². The highest BCUT2D eigenvalue weighted by molar-refractivity contribution is 5.85. The number of aryl methyl sites for hydroxylation is 1. The van der Waals surface area contributed by atoms with Gasteiger partial charge in [-0.3, -0.25) is 0 Å². The van der Waals surface area contributed by atoms with E-state index in [4.69, 9.17) is 13.9 Å². The summed E-state index contributed by atoms with van der Waals surface area (Å²) in [4.78, 5) is 23.0. The molecule has 0 aliphatic carbocycles. The summed E-state index contributed by atoms with van der Waals surface area (Å²) in [6, 6.07) is 5.07. The fourth-order valence-corrected chi connectivity index (χ4v) is 1.99. The molecule has 5 heteroatoms. The standard InChI is InChI=1S/C15H16O5/c1-9(16)4-5-11-6-10-7-13(18-2)14(19-3)8-12(10)15(17)20-11/h6-8H,4-5H2,1-3H3. The molecule has 0 atom stereocenters. The van der Waals surface area contributed by atoms with E-state index in [1.165, 1.54) is 21.1 Å². The monoisotopic (exact) mass is 276 g/mol. The van der Waals surface area contributed by atoms with Gasteiger partial charge in [0.15, 0.2) is 11.5 Å². The third-order valence-electron chi connectivity index (χ3n) is 3.04. The van der Waals surface area contributed by atoms with Gasteiger partial charge < -0.3 is 18.7 Å². The van der Waals surface area contributed by atoms with Crippen molar-refractivity contribution in [1.29, 1.82) is 0 Å². The van der Waals surface area contributed by atoms with E-state index in [0.717, 1.165) is 0 Å². The zero-order valence-corrected chi connectivity index (χ0v) is 11.7. The van der Waals surface area contributed by atoms with Crippen molar-refractivity contribution in [2.75, 3.05) is 14.2 Å². The van der Waals surface area contributed by atoms with Crippen molar-refractivity contribution in [1.82, 2.24) is 0 Å². The van der Waals surface area contributed by atoms with Gasteiger partial charge in [0.1, 0.15) is 11.5 Å². The summed E-state index contributed by atoms with van der Waals surface area (Å²) >= 11 is 0. The Morgan fingerprint density at radius 1 is 1.15 bits per heavy atom. The molecule has 5 nitrogen and oxygen atoms in total. The van der Waals surface area contributed by atoms with Crippen molar-refractivity contribution in [3.8, 4) is 11.5 Å². The molecule has 0 saturated heterocycles. The van der Waals surface area contributed by atoms with Crippen LogP contribution in [0.4, 0.5) is 0 Å². The van der Waals surface area contributed by atoms with Crippen LogP contribution in [-0.4, -0.2) is 20.0 Å². The number of rotatable bonds is 5.